The van der Waals surface area contributed by atoms with Crippen molar-refractivity contribution in [2.24, 2.45) is 0 Å². The van der Waals surface area contributed by atoms with Gasteiger partial charge in [0.05, 0.1) is 17.0 Å². The molecule has 8 heteroatoms. The summed E-state index contributed by atoms with van der Waals surface area (Å²) in [7, 11) is 0. The molecule has 2 aromatic carbocycles. The zero-order valence-corrected chi connectivity index (χ0v) is 15.8. The molecule has 1 heterocycles. The molecule has 0 aliphatic rings. The minimum absolute atomic E-state index is 0.0618. The van der Waals surface area contributed by atoms with Crippen LogP contribution in [0.1, 0.15) is 12.5 Å². The fourth-order valence-corrected chi connectivity index (χ4v) is 3.40. The largest absolute Gasteiger partial charge is 0.507 e. The van der Waals surface area contributed by atoms with Crippen molar-refractivity contribution in [3.05, 3.63) is 53.8 Å². The van der Waals surface area contributed by atoms with Crippen molar-refractivity contribution in [2.75, 3.05) is 11.1 Å². The van der Waals surface area contributed by atoms with Crippen LogP contribution in [0.15, 0.2) is 47.6 Å². The van der Waals surface area contributed by atoms with Crippen LogP contribution in [0.4, 0.5) is 10.1 Å². The molecule has 0 fully saturated rings. The molecule has 3 aromatic rings. The van der Waals surface area contributed by atoms with Crippen LogP contribution in [0.5, 0.6) is 5.75 Å². The van der Waals surface area contributed by atoms with Crippen molar-refractivity contribution >= 4 is 23.4 Å². The average Bonchev–Trinajstić information content (AvgIpc) is 3.06. The molecule has 6 nitrogen and oxygen atoms in total. The molecule has 0 radical (unpaired) electrons. The molecule has 2 N–H and O–H groups in total. The molecule has 0 bridgehead atoms. The van der Waals surface area contributed by atoms with Gasteiger partial charge in [-0.3, -0.25) is 4.79 Å². The molecule has 0 aliphatic heterocycles. The van der Waals surface area contributed by atoms with Crippen LogP contribution in [0, 0.1) is 12.7 Å². The zero-order valence-electron chi connectivity index (χ0n) is 14.9. The first-order valence-corrected chi connectivity index (χ1v) is 9.38. The van der Waals surface area contributed by atoms with Gasteiger partial charge in [0.2, 0.25) is 5.91 Å². The molecular formula is C19H19FN4O2S. The van der Waals surface area contributed by atoms with Gasteiger partial charge in [-0.1, -0.05) is 30.0 Å². The van der Waals surface area contributed by atoms with Gasteiger partial charge in [-0.2, -0.15) is 0 Å². The summed E-state index contributed by atoms with van der Waals surface area (Å²) in [4.78, 5) is 12.2. The van der Waals surface area contributed by atoms with Gasteiger partial charge in [-0.15, -0.1) is 10.2 Å². The second-order valence-electron chi connectivity index (χ2n) is 5.89. The smallest absolute Gasteiger partial charge is 0.234 e. The fourth-order valence-electron chi connectivity index (χ4n) is 2.59. The number of nitrogens with one attached hydrogen (secondary N) is 1. The molecular weight excluding hydrogens is 367 g/mol. The van der Waals surface area contributed by atoms with Gasteiger partial charge >= 0.3 is 0 Å². The van der Waals surface area contributed by atoms with Crippen molar-refractivity contribution in [1.82, 2.24) is 14.8 Å². The van der Waals surface area contributed by atoms with Crippen molar-refractivity contribution in [1.29, 1.82) is 0 Å². The standard InChI is InChI=1S/C19H19FN4O2S/c1-3-24-18(13-6-4-5-7-16(13)25)22-23-19(24)27-11-17(26)21-15-10-12(2)8-9-14(15)20/h4-10,25H,3,11H2,1-2H3,(H,21,26). The maximum Gasteiger partial charge on any atom is 0.234 e. The van der Waals surface area contributed by atoms with Crippen LogP contribution in [0.25, 0.3) is 11.4 Å². The zero-order chi connectivity index (χ0) is 19.4. The van der Waals surface area contributed by atoms with E-state index in [0.717, 1.165) is 5.56 Å². The molecule has 140 valence electrons. The van der Waals surface area contributed by atoms with Crippen LogP contribution in [-0.4, -0.2) is 31.5 Å². The van der Waals surface area contributed by atoms with Gasteiger partial charge in [0.25, 0.3) is 0 Å². The Morgan fingerprint density at radius 1 is 1.26 bits per heavy atom. The molecule has 0 saturated carbocycles. The predicted octanol–water partition coefficient (Wildman–Crippen LogP) is 3.85. The van der Waals surface area contributed by atoms with Gasteiger partial charge in [-0.25, -0.2) is 4.39 Å². The number of phenols is 1. The molecule has 0 spiro atoms. The minimum atomic E-state index is -0.475. The van der Waals surface area contributed by atoms with E-state index in [-0.39, 0.29) is 23.1 Å². The first-order chi connectivity index (χ1) is 13.0. The van der Waals surface area contributed by atoms with E-state index in [4.69, 9.17) is 0 Å². The second-order valence-corrected chi connectivity index (χ2v) is 6.83. The minimum Gasteiger partial charge on any atom is -0.507 e. The Hall–Kier alpha value is -2.87. The molecule has 3 rings (SSSR count). The van der Waals surface area contributed by atoms with E-state index in [2.05, 4.69) is 15.5 Å². The van der Waals surface area contributed by atoms with Crippen molar-refractivity contribution in [3.8, 4) is 17.1 Å². The maximum absolute atomic E-state index is 13.8. The molecule has 0 saturated heterocycles. The van der Waals surface area contributed by atoms with Crippen LogP contribution >= 0.6 is 11.8 Å². The number of halogens is 1. The number of aromatic hydroxyl groups is 1. The highest BCUT2D eigenvalue weighted by molar-refractivity contribution is 7.99. The van der Waals surface area contributed by atoms with E-state index >= 15 is 0 Å². The predicted molar refractivity (Wildman–Crippen MR) is 103 cm³/mol. The number of benzene rings is 2. The summed E-state index contributed by atoms with van der Waals surface area (Å²) in [6.07, 6.45) is 0. The summed E-state index contributed by atoms with van der Waals surface area (Å²) in [5, 5.41) is 21.4. The third-order valence-electron chi connectivity index (χ3n) is 3.91. The van der Waals surface area contributed by atoms with E-state index < -0.39 is 5.82 Å². The monoisotopic (exact) mass is 386 g/mol. The van der Waals surface area contributed by atoms with Crippen molar-refractivity contribution in [2.45, 2.75) is 25.5 Å². The number of hydrogen-bond donors (Lipinski definition) is 2. The molecule has 0 unspecified atom stereocenters. The fraction of sp³-hybridized carbons (Fsp3) is 0.211. The summed E-state index contributed by atoms with van der Waals surface area (Å²) in [6.45, 7) is 4.33. The van der Waals surface area contributed by atoms with E-state index in [9.17, 15) is 14.3 Å². The number of hydrogen-bond acceptors (Lipinski definition) is 5. The van der Waals surface area contributed by atoms with Gasteiger partial charge in [0, 0.05) is 6.54 Å². The maximum atomic E-state index is 13.8. The third kappa shape index (κ3) is 4.28. The molecule has 0 aliphatic carbocycles. The summed E-state index contributed by atoms with van der Waals surface area (Å²) >= 11 is 1.20. The Bertz CT molecular complexity index is 974. The van der Waals surface area contributed by atoms with Gasteiger partial charge in [-0.05, 0) is 43.7 Å². The van der Waals surface area contributed by atoms with Gasteiger partial charge in [0.15, 0.2) is 11.0 Å². The first-order valence-electron chi connectivity index (χ1n) is 8.40. The summed E-state index contributed by atoms with van der Waals surface area (Å²) < 4.78 is 15.6. The molecule has 27 heavy (non-hydrogen) atoms. The van der Waals surface area contributed by atoms with E-state index in [1.54, 1.807) is 36.4 Å². The highest BCUT2D eigenvalue weighted by Gasteiger charge is 2.17. The normalized spacial score (nSPS) is 10.8. The Balaban J connectivity index is 1.72. The highest BCUT2D eigenvalue weighted by atomic mass is 32.2. The Kier molecular flexibility index (Phi) is 5.75. The Morgan fingerprint density at radius 3 is 2.78 bits per heavy atom. The number of aryl methyl sites for hydroxylation is 1. The number of anilines is 1. The number of carbonyl (C=O) groups is 1. The number of para-hydroxylation sites is 1. The average molecular weight is 386 g/mol. The Morgan fingerprint density at radius 2 is 2.04 bits per heavy atom. The number of nitrogens with zero attached hydrogens (tertiary/aromatic N) is 3. The third-order valence-corrected chi connectivity index (χ3v) is 4.87. The van der Waals surface area contributed by atoms with Crippen LogP contribution in [-0.2, 0) is 11.3 Å². The lowest BCUT2D eigenvalue weighted by molar-refractivity contribution is -0.113. The van der Waals surface area contributed by atoms with Crippen molar-refractivity contribution in [3.63, 3.8) is 0 Å². The quantitative estimate of drug-likeness (QED) is 0.629. The van der Waals surface area contributed by atoms with Gasteiger partial charge in [0.1, 0.15) is 11.6 Å². The lowest BCUT2D eigenvalue weighted by Crippen LogP contribution is -2.15. The van der Waals surface area contributed by atoms with E-state index in [1.807, 2.05) is 18.4 Å². The van der Waals surface area contributed by atoms with Crippen LogP contribution in [0.3, 0.4) is 0 Å². The van der Waals surface area contributed by atoms with E-state index in [0.29, 0.717) is 23.1 Å². The molecule has 1 amide bonds. The number of rotatable bonds is 6. The first kappa shape index (κ1) is 18.9. The SMILES string of the molecule is CCn1c(SCC(=O)Nc2cc(C)ccc2F)nnc1-c1ccccc1O. The van der Waals surface area contributed by atoms with Crippen LogP contribution < -0.4 is 5.32 Å². The lowest BCUT2D eigenvalue weighted by atomic mass is 10.2. The molecule has 0 atom stereocenters. The Labute approximate surface area is 160 Å². The second kappa shape index (κ2) is 8.22. The van der Waals surface area contributed by atoms with Gasteiger partial charge < -0.3 is 15.0 Å². The number of aromatic nitrogens is 3. The van der Waals surface area contributed by atoms with Crippen LogP contribution in [0.2, 0.25) is 0 Å². The number of amides is 1. The number of phenolic OH excluding ortho intramolecular Hbond substituents is 1. The summed E-state index contributed by atoms with van der Waals surface area (Å²) in [5.74, 6) is -0.101. The lowest BCUT2D eigenvalue weighted by Gasteiger charge is -2.09. The number of carbonyl (C=O) groups excluding carboxylic acids is 1. The summed E-state index contributed by atoms with van der Waals surface area (Å²) in [6, 6.07) is 11.4. The summed E-state index contributed by atoms with van der Waals surface area (Å²) in [5.41, 5.74) is 1.59. The van der Waals surface area contributed by atoms with Crippen molar-refractivity contribution < 1.29 is 14.3 Å². The number of thioether (sulfide) groups is 1. The topological polar surface area (TPSA) is 80.0 Å². The van der Waals surface area contributed by atoms with E-state index in [1.165, 1.54) is 17.8 Å². The molecule has 1 aromatic heterocycles. The highest BCUT2D eigenvalue weighted by Crippen LogP contribution is 2.30.